The Hall–Kier alpha value is -1.49. The Morgan fingerprint density at radius 1 is 1.10 bits per heavy atom. The summed E-state index contributed by atoms with van der Waals surface area (Å²) in [6.07, 6.45) is -0.762. The van der Waals surface area contributed by atoms with Gasteiger partial charge < -0.3 is 15.2 Å². The van der Waals surface area contributed by atoms with E-state index in [2.05, 4.69) is 5.32 Å². The van der Waals surface area contributed by atoms with Crippen molar-refractivity contribution in [3.05, 3.63) is 58.3 Å². The minimum atomic E-state index is -0.762. The predicted molar refractivity (Wildman–Crippen MR) is 82.9 cm³/mol. The van der Waals surface area contributed by atoms with E-state index in [1.807, 2.05) is 0 Å². The molecule has 0 aromatic heterocycles. The maximum Gasteiger partial charge on any atom is 0.156 e. The van der Waals surface area contributed by atoms with Crippen LogP contribution in [0.1, 0.15) is 0 Å². The first kappa shape index (κ1) is 15.9. The summed E-state index contributed by atoms with van der Waals surface area (Å²) in [5, 5.41) is 13.6. The topological polar surface area (TPSA) is 41.5 Å². The third-order valence-corrected chi connectivity index (χ3v) is 3.32. The highest BCUT2D eigenvalue weighted by molar-refractivity contribution is 6.37. The molecule has 1 unspecified atom stereocenters. The maximum atomic E-state index is 12.7. The number of hydrogen-bond acceptors (Lipinski definition) is 3. The smallest absolute Gasteiger partial charge is 0.156 e. The van der Waals surface area contributed by atoms with Crippen molar-refractivity contribution in [3.63, 3.8) is 0 Å². The molecule has 0 spiro atoms. The van der Waals surface area contributed by atoms with Crippen molar-refractivity contribution in [1.82, 2.24) is 0 Å². The number of para-hydroxylation sites is 1. The maximum absolute atomic E-state index is 12.7. The number of ether oxygens (including phenoxy) is 1. The first-order chi connectivity index (χ1) is 10.1. The number of aliphatic hydroxyl groups excluding tert-OH is 1. The Kier molecular flexibility index (Phi) is 5.67. The van der Waals surface area contributed by atoms with E-state index in [1.165, 1.54) is 12.1 Å². The summed E-state index contributed by atoms with van der Waals surface area (Å²) in [4.78, 5) is 0. The van der Waals surface area contributed by atoms with Gasteiger partial charge in [0, 0.05) is 12.2 Å². The van der Waals surface area contributed by atoms with Crippen LogP contribution < -0.4 is 10.1 Å². The van der Waals surface area contributed by atoms with Crippen molar-refractivity contribution in [3.8, 4) is 5.75 Å². The van der Waals surface area contributed by atoms with Crippen molar-refractivity contribution in [2.24, 2.45) is 0 Å². The summed E-state index contributed by atoms with van der Waals surface area (Å²) >= 11 is 11.9. The molecule has 0 fully saturated rings. The van der Waals surface area contributed by atoms with E-state index in [4.69, 9.17) is 27.9 Å². The van der Waals surface area contributed by atoms with Gasteiger partial charge in [0.1, 0.15) is 18.5 Å². The van der Waals surface area contributed by atoms with E-state index in [1.54, 1.807) is 30.3 Å². The van der Waals surface area contributed by atoms with Crippen LogP contribution in [0.5, 0.6) is 5.75 Å². The van der Waals surface area contributed by atoms with Gasteiger partial charge in [-0.05, 0) is 36.4 Å². The third-order valence-electron chi connectivity index (χ3n) is 2.73. The Labute approximate surface area is 132 Å². The molecule has 0 aliphatic rings. The Morgan fingerprint density at radius 3 is 2.33 bits per heavy atom. The Bertz CT molecular complexity index is 572. The second-order valence-corrected chi connectivity index (χ2v) is 5.22. The molecule has 0 saturated heterocycles. The van der Waals surface area contributed by atoms with Crippen LogP contribution in [0.15, 0.2) is 42.5 Å². The zero-order chi connectivity index (χ0) is 15.2. The quantitative estimate of drug-likeness (QED) is 0.842. The molecule has 2 aromatic carbocycles. The molecule has 6 heteroatoms. The van der Waals surface area contributed by atoms with E-state index in [-0.39, 0.29) is 19.0 Å². The first-order valence-corrected chi connectivity index (χ1v) is 7.06. The summed E-state index contributed by atoms with van der Waals surface area (Å²) < 4.78 is 18.2. The lowest BCUT2D eigenvalue weighted by Crippen LogP contribution is -2.26. The fourth-order valence-electron chi connectivity index (χ4n) is 1.66. The van der Waals surface area contributed by atoms with Crippen LogP contribution in [-0.4, -0.2) is 24.4 Å². The Morgan fingerprint density at radius 2 is 1.71 bits per heavy atom. The monoisotopic (exact) mass is 329 g/mol. The number of halogens is 3. The van der Waals surface area contributed by atoms with Crippen molar-refractivity contribution in [2.75, 3.05) is 18.5 Å². The predicted octanol–water partition coefficient (Wildman–Crippen LogP) is 3.98. The molecular weight excluding hydrogens is 316 g/mol. The highest BCUT2D eigenvalue weighted by atomic mass is 35.5. The molecule has 112 valence electrons. The summed E-state index contributed by atoms with van der Waals surface area (Å²) in [5.41, 5.74) is 0.714. The summed E-state index contributed by atoms with van der Waals surface area (Å²) in [6.45, 7) is 0.297. The van der Waals surface area contributed by atoms with Gasteiger partial charge in [0.15, 0.2) is 5.75 Å². The van der Waals surface area contributed by atoms with Crippen molar-refractivity contribution in [1.29, 1.82) is 0 Å². The lowest BCUT2D eigenvalue weighted by molar-refractivity contribution is 0.117. The van der Waals surface area contributed by atoms with Crippen molar-refractivity contribution in [2.45, 2.75) is 6.10 Å². The van der Waals surface area contributed by atoms with Crippen LogP contribution in [-0.2, 0) is 0 Å². The van der Waals surface area contributed by atoms with Gasteiger partial charge in [0.2, 0.25) is 0 Å². The zero-order valence-electron chi connectivity index (χ0n) is 11.0. The average Bonchev–Trinajstić information content (AvgIpc) is 2.46. The van der Waals surface area contributed by atoms with Gasteiger partial charge >= 0.3 is 0 Å². The van der Waals surface area contributed by atoms with Crippen LogP contribution in [0.25, 0.3) is 0 Å². The van der Waals surface area contributed by atoms with Gasteiger partial charge in [-0.1, -0.05) is 29.3 Å². The van der Waals surface area contributed by atoms with Gasteiger partial charge in [-0.15, -0.1) is 0 Å². The summed E-state index contributed by atoms with van der Waals surface area (Å²) in [5.74, 6) is 0.0412. The molecule has 2 N–H and O–H groups in total. The van der Waals surface area contributed by atoms with Gasteiger partial charge in [0.05, 0.1) is 10.0 Å². The van der Waals surface area contributed by atoms with Crippen LogP contribution in [0.3, 0.4) is 0 Å². The number of aliphatic hydroxyl groups is 1. The fourth-order valence-corrected chi connectivity index (χ4v) is 2.17. The minimum absolute atomic E-state index is 0.0393. The molecule has 0 amide bonds. The van der Waals surface area contributed by atoms with E-state index < -0.39 is 6.10 Å². The highest BCUT2D eigenvalue weighted by Gasteiger charge is 2.10. The molecule has 0 heterocycles. The molecule has 0 saturated carbocycles. The summed E-state index contributed by atoms with van der Waals surface area (Å²) in [6, 6.07) is 10.9. The molecule has 21 heavy (non-hydrogen) atoms. The molecule has 3 nitrogen and oxygen atoms in total. The van der Waals surface area contributed by atoms with Gasteiger partial charge in [-0.25, -0.2) is 4.39 Å². The number of anilines is 1. The molecule has 2 aromatic rings. The molecule has 0 radical (unpaired) electrons. The second kappa shape index (κ2) is 7.50. The third kappa shape index (κ3) is 4.77. The number of rotatable bonds is 6. The molecular formula is C15H14Cl2FNO2. The normalized spacial score (nSPS) is 12.0. The molecule has 0 bridgehead atoms. The first-order valence-electron chi connectivity index (χ1n) is 6.30. The largest absolute Gasteiger partial charge is 0.488 e. The number of nitrogens with one attached hydrogen (secondary N) is 1. The fraction of sp³-hybridized carbons (Fsp3) is 0.200. The van der Waals surface area contributed by atoms with Crippen LogP contribution in [0, 0.1) is 5.82 Å². The van der Waals surface area contributed by atoms with Crippen LogP contribution in [0.2, 0.25) is 10.0 Å². The van der Waals surface area contributed by atoms with Gasteiger partial charge in [0.25, 0.3) is 0 Å². The number of benzene rings is 2. The molecule has 0 aliphatic carbocycles. The zero-order valence-corrected chi connectivity index (χ0v) is 12.5. The van der Waals surface area contributed by atoms with E-state index in [0.717, 1.165) is 0 Å². The van der Waals surface area contributed by atoms with E-state index >= 15 is 0 Å². The molecule has 1 atom stereocenters. The number of hydrogen-bond donors (Lipinski definition) is 2. The van der Waals surface area contributed by atoms with E-state index in [0.29, 0.717) is 21.5 Å². The lowest BCUT2D eigenvalue weighted by Gasteiger charge is -2.15. The van der Waals surface area contributed by atoms with Crippen molar-refractivity contribution >= 4 is 28.9 Å². The lowest BCUT2D eigenvalue weighted by atomic mass is 10.3. The highest BCUT2D eigenvalue weighted by Crippen LogP contribution is 2.32. The standard InChI is InChI=1S/C15H14Cl2FNO2/c16-13-2-1-3-14(17)15(13)21-9-12(20)8-19-11-6-4-10(18)5-7-11/h1-7,12,19-20H,8-9H2. The van der Waals surface area contributed by atoms with E-state index in [9.17, 15) is 9.50 Å². The Balaban J connectivity index is 1.82. The molecule has 2 rings (SSSR count). The van der Waals surface area contributed by atoms with Gasteiger partial charge in [-0.3, -0.25) is 0 Å². The summed E-state index contributed by atoms with van der Waals surface area (Å²) in [7, 11) is 0. The van der Waals surface area contributed by atoms with Gasteiger partial charge in [-0.2, -0.15) is 0 Å². The average molecular weight is 330 g/mol. The molecule has 0 aliphatic heterocycles. The minimum Gasteiger partial charge on any atom is -0.488 e. The van der Waals surface area contributed by atoms with Crippen molar-refractivity contribution < 1.29 is 14.2 Å². The van der Waals surface area contributed by atoms with Crippen LogP contribution >= 0.6 is 23.2 Å². The van der Waals surface area contributed by atoms with Crippen LogP contribution in [0.4, 0.5) is 10.1 Å². The SMILES string of the molecule is OC(CNc1ccc(F)cc1)COc1c(Cl)cccc1Cl. The second-order valence-electron chi connectivity index (χ2n) is 4.40.